The lowest BCUT2D eigenvalue weighted by atomic mass is 10.1. The Kier molecular flexibility index (Phi) is 2.70. The van der Waals surface area contributed by atoms with Crippen LogP contribution in [0.15, 0.2) is 41.3 Å². The molecule has 7 heteroatoms. The van der Waals surface area contributed by atoms with Crippen molar-refractivity contribution in [3.05, 3.63) is 57.6 Å². The third-order valence-corrected chi connectivity index (χ3v) is 4.52. The van der Waals surface area contributed by atoms with Crippen molar-refractivity contribution in [1.29, 1.82) is 0 Å². The van der Waals surface area contributed by atoms with E-state index in [0.29, 0.717) is 16.7 Å². The van der Waals surface area contributed by atoms with E-state index in [1.807, 2.05) is 0 Å². The van der Waals surface area contributed by atoms with Gasteiger partial charge in [-0.2, -0.15) is 0 Å². The molecule has 3 rings (SSSR count). The van der Waals surface area contributed by atoms with Crippen LogP contribution in [0.25, 0.3) is 11.1 Å². The van der Waals surface area contributed by atoms with E-state index in [2.05, 4.69) is 0 Å². The Hall–Kier alpha value is -2.54. The number of rotatable bonds is 2. The lowest BCUT2D eigenvalue weighted by Crippen LogP contribution is -1.99. The van der Waals surface area contributed by atoms with Crippen LogP contribution in [0.3, 0.4) is 0 Å². The molecule has 21 heavy (non-hydrogen) atoms. The summed E-state index contributed by atoms with van der Waals surface area (Å²) < 4.78 is 23.2. The second-order valence-electron chi connectivity index (χ2n) is 4.80. The van der Waals surface area contributed by atoms with E-state index in [0.717, 1.165) is 6.26 Å². The summed E-state index contributed by atoms with van der Waals surface area (Å²) in [6.45, 7) is 0. The number of ketones is 1. The molecule has 6 nitrogen and oxygen atoms in total. The Balaban J connectivity index is 2.26. The lowest BCUT2D eigenvalue weighted by molar-refractivity contribution is -0.384. The molecule has 0 amide bonds. The fourth-order valence-corrected chi connectivity index (χ4v) is 3.04. The molecule has 2 aromatic carbocycles. The van der Waals surface area contributed by atoms with E-state index in [9.17, 15) is 23.3 Å². The summed E-state index contributed by atoms with van der Waals surface area (Å²) in [5.41, 5.74) is 1.43. The van der Waals surface area contributed by atoms with Crippen LogP contribution in [0, 0.1) is 10.1 Å². The van der Waals surface area contributed by atoms with Crippen molar-refractivity contribution >= 4 is 21.3 Å². The SMILES string of the molecule is CS(=O)(=O)c1ccc2c(c1)-c1ccc([N+](=O)[O-])cc1C2=O. The predicted molar refractivity (Wildman–Crippen MR) is 75.1 cm³/mol. The molecule has 1 aliphatic rings. The van der Waals surface area contributed by atoms with E-state index in [4.69, 9.17) is 0 Å². The zero-order valence-electron chi connectivity index (χ0n) is 10.9. The van der Waals surface area contributed by atoms with Gasteiger partial charge in [-0.1, -0.05) is 0 Å². The van der Waals surface area contributed by atoms with Crippen molar-refractivity contribution in [1.82, 2.24) is 0 Å². The molecule has 0 aromatic heterocycles. The smallest absolute Gasteiger partial charge is 0.270 e. The minimum absolute atomic E-state index is 0.111. The molecule has 1 aliphatic carbocycles. The van der Waals surface area contributed by atoms with Crippen LogP contribution in [0.4, 0.5) is 5.69 Å². The van der Waals surface area contributed by atoms with Gasteiger partial charge in [0.2, 0.25) is 0 Å². The molecule has 0 atom stereocenters. The summed E-state index contributed by atoms with van der Waals surface area (Å²) in [6, 6.07) is 8.24. The second-order valence-corrected chi connectivity index (χ2v) is 6.81. The van der Waals surface area contributed by atoms with Gasteiger partial charge in [0, 0.05) is 29.5 Å². The molecular weight excluding hydrogens is 294 g/mol. The van der Waals surface area contributed by atoms with Crippen molar-refractivity contribution in [3.63, 3.8) is 0 Å². The molecule has 0 unspecified atom stereocenters. The highest BCUT2D eigenvalue weighted by Gasteiger charge is 2.29. The molecule has 0 aliphatic heterocycles. The average molecular weight is 303 g/mol. The van der Waals surface area contributed by atoms with Gasteiger partial charge in [-0.15, -0.1) is 0 Å². The van der Waals surface area contributed by atoms with Crippen LogP contribution < -0.4 is 0 Å². The number of fused-ring (bicyclic) bond motifs is 3. The van der Waals surface area contributed by atoms with Crippen molar-refractivity contribution in [2.24, 2.45) is 0 Å². The van der Waals surface area contributed by atoms with Crippen molar-refractivity contribution in [2.75, 3.05) is 6.26 Å². The van der Waals surface area contributed by atoms with Crippen LogP contribution >= 0.6 is 0 Å². The average Bonchev–Trinajstić information content (AvgIpc) is 2.70. The number of carbonyl (C=O) groups excluding carboxylic acids is 1. The van der Waals surface area contributed by atoms with Gasteiger partial charge in [0.25, 0.3) is 5.69 Å². The Morgan fingerprint density at radius 2 is 1.62 bits per heavy atom. The summed E-state index contributed by atoms with van der Waals surface area (Å²) in [7, 11) is -3.39. The summed E-state index contributed by atoms with van der Waals surface area (Å²) >= 11 is 0. The fourth-order valence-electron chi connectivity index (χ4n) is 2.39. The van der Waals surface area contributed by atoms with Crippen molar-refractivity contribution in [2.45, 2.75) is 4.90 Å². The van der Waals surface area contributed by atoms with Crippen molar-refractivity contribution < 1.29 is 18.1 Å². The van der Waals surface area contributed by atoms with Crippen LogP contribution in [0.1, 0.15) is 15.9 Å². The van der Waals surface area contributed by atoms with Gasteiger partial charge < -0.3 is 0 Å². The summed E-state index contributed by atoms with van der Waals surface area (Å²) in [6.07, 6.45) is 1.09. The van der Waals surface area contributed by atoms with E-state index in [1.165, 1.54) is 36.4 Å². The maximum Gasteiger partial charge on any atom is 0.270 e. The molecule has 0 saturated heterocycles. The number of carbonyl (C=O) groups is 1. The van der Waals surface area contributed by atoms with Gasteiger partial charge in [-0.05, 0) is 35.4 Å². The molecule has 2 aromatic rings. The molecule has 106 valence electrons. The van der Waals surface area contributed by atoms with Crippen LogP contribution in [-0.2, 0) is 9.84 Å². The standard InChI is InChI=1S/C14H9NO5S/c1-21(19,20)9-3-5-11-12(7-9)10-4-2-8(15(17)18)6-13(10)14(11)16/h2-7H,1H3. The Labute approximate surface area is 120 Å². The third-order valence-electron chi connectivity index (χ3n) is 3.41. The Morgan fingerprint density at radius 1 is 0.952 bits per heavy atom. The number of benzene rings is 2. The van der Waals surface area contributed by atoms with Gasteiger partial charge in [0.1, 0.15) is 0 Å². The first kappa shape index (κ1) is 13.4. The zero-order valence-corrected chi connectivity index (χ0v) is 11.7. The normalized spacial score (nSPS) is 12.9. The van der Waals surface area contributed by atoms with E-state index < -0.39 is 14.8 Å². The van der Waals surface area contributed by atoms with Crippen LogP contribution in [-0.4, -0.2) is 25.4 Å². The minimum Gasteiger partial charge on any atom is -0.289 e. The fraction of sp³-hybridized carbons (Fsp3) is 0.0714. The van der Waals surface area contributed by atoms with E-state index >= 15 is 0 Å². The predicted octanol–water partition coefficient (Wildman–Crippen LogP) is 2.21. The molecule has 0 spiro atoms. The van der Waals surface area contributed by atoms with Gasteiger partial charge in [-0.3, -0.25) is 14.9 Å². The zero-order chi connectivity index (χ0) is 15.4. The topological polar surface area (TPSA) is 94.3 Å². The number of hydrogen-bond donors (Lipinski definition) is 0. The van der Waals surface area contributed by atoms with Gasteiger partial charge in [0.05, 0.1) is 9.82 Å². The largest absolute Gasteiger partial charge is 0.289 e. The monoisotopic (exact) mass is 303 g/mol. The summed E-state index contributed by atoms with van der Waals surface area (Å²) in [5.74, 6) is -0.330. The highest BCUT2D eigenvalue weighted by molar-refractivity contribution is 7.90. The first-order valence-electron chi connectivity index (χ1n) is 5.96. The highest BCUT2D eigenvalue weighted by Crippen LogP contribution is 2.39. The first-order valence-corrected chi connectivity index (χ1v) is 7.86. The number of hydrogen-bond acceptors (Lipinski definition) is 5. The molecule has 0 heterocycles. The summed E-state index contributed by atoms with van der Waals surface area (Å²) in [4.78, 5) is 22.6. The number of nitro groups is 1. The van der Waals surface area contributed by atoms with E-state index in [1.54, 1.807) is 0 Å². The maximum absolute atomic E-state index is 12.3. The van der Waals surface area contributed by atoms with Crippen molar-refractivity contribution in [3.8, 4) is 11.1 Å². The Morgan fingerprint density at radius 3 is 2.24 bits per heavy atom. The molecular formula is C14H9NO5S. The lowest BCUT2D eigenvalue weighted by Gasteiger charge is -2.03. The minimum atomic E-state index is -3.39. The molecule has 0 saturated carbocycles. The number of non-ortho nitro benzene ring substituents is 1. The van der Waals surface area contributed by atoms with Gasteiger partial charge >= 0.3 is 0 Å². The van der Waals surface area contributed by atoms with Gasteiger partial charge in [-0.25, -0.2) is 8.42 Å². The van der Waals surface area contributed by atoms with Gasteiger partial charge in [0.15, 0.2) is 15.6 Å². The second kappa shape index (κ2) is 4.23. The first-order chi connectivity index (χ1) is 9.79. The quantitative estimate of drug-likeness (QED) is 0.534. The number of sulfone groups is 1. The molecule has 0 radical (unpaired) electrons. The molecule has 0 N–H and O–H groups in total. The molecule has 0 fully saturated rings. The molecule has 0 bridgehead atoms. The van der Waals surface area contributed by atoms with Crippen LogP contribution in [0.5, 0.6) is 0 Å². The number of nitro benzene ring substituents is 1. The van der Waals surface area contributed by atoms with E-state index in [-0.39, 0.29) is 21.9 Å². The third kappa shape index (κ3) is 2.02. The Bertz CT molecular complexity index is 915. The van der Waals surface area contributed by atoms with Crippen LogP contribution in [0.2, 0.25) is 0 Å². The summed E-state index contributed by atoms with van der Waals surface area (Å²) in [5, 5.41) is 10.8. The maximum atomic E-state index is 12.3. The highest BCUT2D eigenvalue weighted by atomic mass is 32.2. The number of nitrogens with zero attached hydrogens (tertiary/aromatic N) is 1.